The number of nitrogens with zero attached hydrogens (tertiary/aromatic N) is 1. The topological polar surface area (TPSA) is 53.4 Å². The van der Waals surface area contributed by atoms with Crippen LogP contribution in [-0.4, -0.2) is 27.4 Å². The average Bonchev–Trinajstić information content (AvgIpc) is 3.06. The van der Waals surface area contributed by atoms with Crippen molar-refractivity contribution in [2.24, 2.45) is 23.7 Å². The van der Waals surface area contributed by atoms with Crippen molar-refractivity contribution in [3.8, 4) is 11.3 Å². The first kappa shape index (κ1) is 28.0. The zero-order valence-electron chi connectivity index (χ0n) is 21.4. The van der Waals surface area contributed by atoms with E-state index in [1.807, 2.05) is 24.3 Å². The number of aliphatic hydroxyl groups excluding tert-OH is 2. The molecule has 3 nitrogen and oxygen atoms in total. The third kappa shape index (κ3) is 6.60. The molecule has 2 aliphatic carbocycles. The van der Waals surface area contributed by atoms with Crippen molar-refractivity contribution in [1.82, 2.24) is 4.98 Å². The number of benzene rings is 2. The van der Waals surface area contributed by atoms with Crippen LogP contribution in [0.15, 0.2) is 54.6 Å². The van der Waals surface area contributed by atoms with Crippen molar-refractivity contribution in [2.45, 2.75) is 77.9 Å². The van der Waals surface area contributed by atoms with Crippen molar-refractivity contribution in [3.05, 3.63) is 66.2 Å². The molecule has 5 atom stereocenters. The first-order chi connectivity index (χ1) is 16.3. The molecule has 0 spiro atoms. The molecule has 0 amide bonds. The molecule has 191 valence electrons. The minimum Gasteiger partial charge on any atom is -0.393 e. The third-order valence-corrected chi connectivity index (χ3v) is 7.95. The number of aromatic nitrogens is 1. The van der Waals surface area contributed by atoms with E-state index in [0.29, 0.717) is 23.7 Å². The molecule has 2 saturated carbocycles. The molecule has 1 heterocycles. The van der Waals surface area contributed by atoms with Crippen LogP contribution in [0.1, 0.15) is 71.3 Å². The van der Waals surface area contributed by atoms with Gasteiger partial charge >= 0.3 is 0 Å². The van der Waals surface area contributed by atoms with Gasteiger partial charge in [0.2, 0.25) is 0 Å². The number of fused-ring (bicyclic) bond motifs is 2. The van der Waals surface area contributed by atoms with E-state index in [1.54, 1.807) is 0 Å². The van der Waals surface area contributed by atoms with E-state index in [2.05, 4.69) is 64.1 Å². The molecule has 5 unspecified atom stereocenters. The molecule has 3 aromatic rings. The van der Waals surface area contributed by atoms with Crippen LogP contribution in [0.2, 0.25) is 0 Å². The van der Waals surface area contributed by atoms with Crippen molar-refractivity contribution in [3.63, 3.8) is 0 Å². The van der Waals surface area contributed by atoms with Crippen LogP contribution in [0.5, 0.6) is 0 Å². The third-order valence-electron chi connectivity index (χ3n) is 7.95. The Hall–Kier alpha value is -1.58. The number of hydrogen-bond acceptors (Lipinski definition) is 3. The summed E-state index contributed by atoms with van der Waals surface area (Å²) >= 11 is 0. The van der Waals surface area contributed by atoms with Gasteiger partial charge in [0.1, 0.15) is 0 Å². The van der Waals surface area contributed by atoms with Crippen LogP contribution in [0, 0.1) is 29.7 Å². The molecule has 2 N–H and O–H groups in total. The van der Waals surface area contributed by atoms with E-state index in [1.165, 1.54) is 23.8 Å². The van der Waals surface area contributed by atoms with Crippen LogP contribution in [0.3, 0.4) is 0 Å². The van der Waals surface area contributed by atoms with Gasteiger partial charge in [-0.05, 0) is 65.6 Å². The number of pyridine rings is 1. The molecule has 0 aliphatic heterocycles. The molecular weight excluding hydrogens is 611 g/mol. The number of hydrogen-bond donors (Lipinski definition) is 2. The Bertz CT molecular complexity index is 1070. The van der Waals surface area contributed by atoms with Crippen LogP contribution in [-0.2, 0) is 20.1 Å². The Balaban J connectivity index is 0.000000195. The first-order valence-corrected chi connectivity index (χ1v) is 13.1. The monoisotopic (exact) mass is 651 g/mol. The average molecular weight is 651 g/mol. The second-order valence-corrected chi connectivity index (χ2v) is 10.9. The summed E-state index contributed by atoms with van der Waals surface area (Å²) in [6.07, 6.45) is 5.08. The summed E-state index contributed by atoms with van der Waals surface area (Å²) in [5.74, 6) is 2.22. The summed E-state index contributed by atoms with van der Waals surface area (Å²) in [7, 11) is 0. The van der Waals surface area contributed by atoms with Crippen molar-refractivity contribution in [1.29, 1.82) is 0 Å². The van der Waals surface area contributed by atoms with Gasteiger partial charge in [-0.3, -0.25) is 4.98 Å². The molecular formula is C31H40IrNO2-. The molecule has 35 heavy (non-hydrogen) atoms. The van der Waals surface area contributed by atoms with Crippen molar-refractivity contribution < 1.29 is 30.3 Å². The Morgan fingerprint density at radius 3 is 2.37 bits per heavy atom. The van der Waals surface area contributed by atoms with Gasteiger partial charge in [0.15, 0.2) is 0 Å². The quantitative estimate of drug-likeness (QED) is 0.300. The fourth-order valence-electron chi connectivity index (χ4n) is 5.88. The maximum Gasteiger partial charge on any atom is 0.0626 e. The Morgan fingerprint density at radius 1 is 0.943 bits per heavy atom. The van der Waals surface area contributed by atoms with E-state index in [9.17, 15) is 10.2 Å². The van der Waals surface area contributed by atoms with Crippen molar-refractivity contribution in [2.75, 3.05) is 0 Å². The van der Waals surface area contributed by atoms with Gasteiger partial charge in [0.05, 0.1) is 17.7 Å². The maximum atomic E-state index is 10.3. The molecule has 0 saturated heterocycles. The van der Waals surface area contributed by atoms with Gasteiger partial charge in [-0.25, -0.2) is 0 Å². The maximum absolute atomic E-state index is 10.3. The molecule has 2 fully saturated rings. The predicted octanol–water partition coefficient (Wildman–Crippen LogP) is 7.01. The zero-order valence-corrected chi connectivity index (χ0v) is 23.8. The van der Waals surface area contributed by atoms with E-state index in [0.717, 1.165) is 36.0 Å². The largest absolute Gasteiger partial charge is 0.393 e. The van der Waals surface area contributed by atoms with Gasteiger partial charge in [0, 0.05) is 26.0 Å². The molecule has 1 aromatic heterocycles. The standard InChI is InChI=1S/C18H16N.C13H24O2.Ir/c1-13(2)16-9-8-15-10-11-17(19-18(15)12-16)14-6-4-3-5-7-14;1-8(2)10-7-9-5-3-4-6-11(14)12(9)13(10)15;/h3-6,8-13H,1-2H3;8-15H,3-7H2,1-2H3;/q-1;;. The van der Waals surface area contributed by atoms with Gasteiger partial charge in [0.25, 0.3) is 0 Å². The molecule has 2 aliphatic rings. The van der Waals surface area contributed by atoms with Gasteiger partial charge in [-0.1, -0.05) is 64.8 Å². The number of aliphatic hydroxyl groups is 2. The summed E-state index contributed by atoms with van der Waals surface area (Å²) in [4.78, 5) is 4.76. The van der Waals surface area contributed by atoms with Gasteiger partial charge in [-0.2, -0.15) is 0 Å². The normalized spacial score (nSPS) is 26.0. The van der Waals surface area contributed by atoms with E-state index in [4.69, 9.17) is 4.98 Å². The number of rotatable bonds is 3. The van der Waals surface area contributed by atoms with Gasteiger partial charge < -0.3 is 10.2 Å². The second kappa shape index (κ2) is 12.6. The zero-order chi connectivity index (χ0) is 24.2. The summed E-state index contributed by atoms with van der Waals surface area (Å²) in [5, 5.41) is 21.5. The first-order valence-electron chi connectivity index (χ1n) is 13.1. The Kier molecular flexibility index (Phi) is 10.1. The fraction of sp³-hybridized carbons (Fsp3) is 0.516. The second-order valence-electron chi connectivity index (χ2n) is 10.9. The SMILES string of the molecule is CC(C)C1CC2CCCCC(O)C2C1O.CC(C)c1ccc2ccc(-c3[c-]cccc3)nc2c1.[Ir]. The predicted molar refractivity (Wildman–Crippen MR) is 141 cm³/mol. The summed E-state index contributed by atoms with van der Waals surface area (Å²) in [6, 6.07) is 21.9. The van der Waals surface area contributed by atoms with Crippen LogP contribution in [0.25, 0.3) is 22.2 Å². The van der Waals surface area contributed by atoms with E-state index < -0.39 is 0 Å². The van der Waals surface area contributed by atoms with E-state index in [-0.39, 0.29) is 38.2 Å². The van der Waals surface area contributed by atoms with Crippen LogP contribution < -0.4 is 0 Å². The van der Waals surface area contributed by atoms with Crippen LogP contribution >= 0.6 is 0 Å². The fourth-order valence-corrected chi connectivity index (χ4v) is 5.88. The van der Waals surface area contributed by atoms with Gasteiger partial charge in [-0.15, -0.1) is 35.9 Å². The molecule has 4 heteroatoms. The Labute approximate surface area is 224 Å². The molecule has 5 rings (SSSR count). The molecule has 0 bridgehead atoms. The minimum absolute atomic E-state index is 0. The van der Waals surface area contributed by atoms with E-state index >= 15 is 0 Å². The molecule has 1 radical (unpaired) electrons. The minimum atomic E-state index is -0.261. The summed E-state index contributed by atoms with van der Waals surface area (Å²) in [6.45, 7) is 8.78. The van der Waals surface area contributed by atoms with Crippen molar-refractivity contribution >= 4 is 10.9 Å². The Morgan fingerprint density at radius 2 is 1.69 bits per heavy atom. The summed E-state index contributed by atoms with van der Waals surface area (Å²) in [5.41, 5.74) is 4.41. The smallest absolute Gasteiger partial charge is 0.0626 e. The van der Waals surface area contributed by atoms with Crippen LogP contribution in [0.4, 0.5) is 0 Å². The summed E-state index contributed by atoms with van der Waals surface area (Å²) < 4.78 is 0. The molecule has 2 aromatic carbocycles.